The van der Waals surface area contributed by atoms with Gasteiger partial charge in [0.2, 0.25) is 4.77 Å². The monoisotopic (exact) mass is 368 g/mol. The van der Waals surface area contributed by atoms with Gasteiger partial charge in [0.25, 0.3) is 5.78 Å². The first-order valence-electron chi connectivity index (χ1n) is 9.41. The highest BCUT2D eigenvalue weighted by Crippen LogP contribution is 2.16. The third kappa shape index (κ3) is 3.57. The maximum atomic E-state index is 5.51. The average Bonchev–Trinajstić information content (AvgIpc) is 2.93. The fourth-order valence-electron chi connectivity index (χ4n) is 4.10. The first-order valence-corrected chi connectivity index (χ1v) is 9.82. The molecule has 1 aliphatic heterocycles. The summed E-state index contributed by atoms with van der Waals surface area (Å²) in [6.45, 7) is 7.33. The summed E-state index contributed by atoms with van der Waals surface area (Å²) in [7, 11) is 0. The molecule has 3 aromatic rings. The Balaban J connectivity index is 1.44. The van der Waals surface area contributed by atoms with E-state index in [-0.39, 0.29) is 0 Å². The van der Waals surface area contributed by atoms with Crippen LogP contribution in [0.15, 0.2) is 36.4 Å². The van der Waals surface area contributed by atoms with E-state index in [2.05, 4.69) is 62.5 Å². The van der Waals surface area contributed by atoms with Gasteiger partial charge in [-0.15, -0.1) is 0 Å². The van der Waals surface area contributed by atoms with E-state index in [0.717, 1.165) is 24.0 Å². The van der Waals surface area contributed by atoms with Crippen LogP contribution in [0.5, 0.6) is 0 Å². The molecule has 0 bridgehead atoms. The van der Waals surface area contributed by atoms with Gasteiger partial charge in [0.15, 0.2) is 6.67 Å². The number of quaternary nitrogens is 1. The van der Waals surface area contributed by atoms with Crippen LogP contribution in [-0.2, 0) is 13.1 Å². The predicted octanol–water partition coefficient (Wildman–Crippen LogP) is 2.37. The molecule has 1 aromatic carbocycles. The SMILES string of the molecule is Cc1cc(C)n2c(n1)nc(=S)n2C[NH+]1CCC(Cc2ccccc2)CC1. The van der Waals surface area contributed by atoms with Gasteiger partial charge in [-0.05, 0) is 62.9 Å². The van der Waals surface area contributed by atoms with E-state index in [0.29, 0.717) is 10.5 Å². The molecule has 1 aliphatic rings. The first-order chi connectivity index (χ1) is 12.6. The Hall–Kier alpha value is -2.05. The van der Waals surface area contributed by atoms with E-state index in [4.69, 9.17) is 12.2 Å². The maximum absolute atomic E-state index is 5.51. The van der Waals surface area contributed by atoms with Crippen LogP contribution in [0.2, 0.25) is 0 Å². The quantitative estimate of drug-likeness (QED) is 0.719. The minimum Gasteiger partial charge on any atom is -0.316 e. The molecule has 4 rings (SSSR count). The van der Waals surface area contributed by atoms with Gasteiger partial charge in [-0.25, -0.2) is 14.2 Å². The number of fused-ring (bicyclic) bond motifs is 1. The normalized spacial score (nSPS) is 20.5. The summed E-state index contributed by atoms with van der Waals surface area (Å²) in [6, 6.07) is 12.9. The van der Waals surface area contributed by atoms with Crippen LogP contribution in [0, 0.1) is 24.5 Å². The van der Waals surface area contributed by atoms with Crippen LogP contribution >= 0.6 is 12.2 Å². The highest BCUT2D eigenvalue weighted by Gasteiger charge is 2.23. The zero-order chi connectivity index (χ0) is 18.1. The van der Waals surface area contributed by atoms with Gasteiger partial charge in [-0.2, -0.15) is 4.98 Å². The molecular formula is C20H26N5S+. The van der Waals surface area contributed by atoms with Crippen molar-refractivity contribution in [3.63, 3.8) is 0 Å². The standard InChI is InChI=1S/C20H25N5S/c1-15-12-16(2)25-19(21-15)22-20(26)24(25)14-23-10-8-18(9-11-23)13-17-6-4-3-5-7-17/h3-7,12,18H,8-11,13-14H2,1-2H3/p+1. The van der Waals surface area contributed by atoms with Crippen LogP contribution in [0.25, 0.3) is 5.78 Å². The molecule has 1 N–H and O–H groups in total. The summed E-state index contributed by atoms with van der Waals surface area (Å²) in [4.78, 5) is 10.6. The molecule has 2 aromatic heterocycles. The molecule has 0 spiro atoms. The molecule has 0 saturated carbocycles. The number of piperidine rings is 1. The molecule has 0 radical (unpaired) electrons. The summed E-state index contributed by atoms with van der Waals surface area (Å²) in [5.41, 5.74) is 3.58. The molecule has 1 fully saturated rings. The Bertz CT molecular complexity index is 951. The van der Waals surface area contributed by atoms with Crippen LogP contribution < -0.4 is 4.90 Å². The first kappa shape index (κ1) is 17.4. The van der Waals surface area contributed by atoms with Crippen molar-refractivity contribution in [1.82, 2.24) is 19.2 Å². The van der Waals surface area contributed by atoms with Crippen LogP contribution in [0.1, 0.15) is 29.8 Å². The number of hydrogen-bond donors (Lipinski definition) is 1. The third-order valence-corrected chi connectivity index (χ3v) is 5.73. The van der Waals surface area contributed by atoms with E-state index < -0.39 is 0 Å². The van der Waals surface area contributed by atoms with E-state index in [1.54, 1.807) is 4.90 Å². The smallest absolute Gasteiger partial charge is 0.252 e. The minimum absolute atomic E-state index is 0.630. The molecule has 0 atom stereocenters. The third-order valence-electron chi connectivity index (χ3n) is 5.43. The Morgan fingerprint density at radius 3 is 2.58 bits per heavy atom. The summed E-state index contributed by atoms with van der Waals surface area (Å²) < 4.78 is 4.81. The van der Waals surface area contributed by atoms with E-state index in [9.17, 15) is 0 Å². The van der Waals surface area contributed by atoms with Crippen molar-refractivity contribution in [3.8, 4) is 0 Å². The zero-order valence-electron chi connectivity index (χ0n) is 15.5. The van der Waals surface area contributed by atoms with Gasteiger partial charge in [0, 0.05) is 11.4 Å². The van der Waals surface area contributed by atoms with Gasteiger partial charge in [0.05, 0.1) is 13.1 Å². The lowest BCUT2D eigenvalue weighted by molar-refractivity contribution is -0.929. The fourth-order valence-corrected chi connectivity index (χ4v) is 4.33. The van der Waals surface area contributed by atoms with Crippen molar-refractivity contribution in [2.24, 2.45) is 5.92 Å². The van der Waals surface area contributed by atoms with Gasteiger partial charge in [0.1, 0.15) is 0 Å². The Morgan fingerprint density at radius 1 is 1.12 bits per heavy atom. The molecule has 1 saturated heterocycles. The number of aromatic nitrogens is 4. The number of likely N-dealkylation sites (tertiary alicyclic amines) is 1. The van der Waals surface area contributed by atoms with Gasteiger partial charge < -0.3 is 4.90 Å². The molecule has 6 heteroatoms. The van der Waals surface area contributed by atoms with E-state index >= 15 is 0 Å². The van der Waals surface area contributed by atoms with Crippen LogP contribution in [0.4, 0.5) is 0 Å². The summed E-state index contributed by atoms with van der Waals surface area (Å²) in [6.07, 6.45) is 3.74. The van der Waals surface area contributed by atoms with E-state index in [1.165, 1.54) is 37.9 Å². The number of nitrogens with zero attached hydrogens (tertiary/aromatic N) is 4. The largest absolute Gasteiger partial charge is 0.316 e. The molecule has 0 unspecified atom stereocenters. The number of nitrogens with one attached hydrogen (secondary N) is 1. The highest BCUT2D eigenvalue weighted by atomic mass is 32.1. The van der Waals surface area contributed by atoms with Crippen molar-refractivity contribution in [1.29, 1.82) is 0 Å². The Morgan fingerprint density at radius 2 is 1.85 bits per heavy atom. The highest BCUT2D eigenvalue weighted by molar-refractivity contribution is 7.71. The summed E-state index contributed by atoms with van der Waals surface area (Å²) in [5.74, 6) is 1.51. The second kappa shape index (κ2) is 7.29. The zero-order valence-corrected chi connectivity index (χ0v) is 16.3. The predicted molar refractivity (Wildman–Crippen MR) is 105 cm³/mol. The lowest BCUT2D eigenvalue weighted by Crippen LogP contribution is -3.12. The van der Waals surface area contributed by atoms with Gasteiger partial charge in [-0.1, -0.05) is 30.3 Å². The van der Waals surface area contributed by atoms with Crippen molar-refractivity contribution < 1.29 is 4.90 Å². The van der Waals surface area contributed by atoms with Crippen LogP contribution in [0.3, 0.4) is 0 Å². The number of benzene rings is 1. The number of rotatable bonds is 4. The minimum atomic E-state index is 0.630. The Labute approximate surface area is 159 Å². The van der Waals surface area contributed by atoms with Crippen molar-refractivity contribution >= 4 is 18.0 Å². The fraction of sp³-hybridized carbons (Fsp3) is 0.450. The second-order valence-corrected chi connectivity index (χ2v) is 7.85. The number of hydrogen-bond acceptors (Lipinski definition) is 3. The molecule has 136 valence electrons. The van der Waals surface area contributed by atoms with Crippen LogP contribution in [-0.4, -0.2) is 32.3 Å². The van der Waals surface area contributed by atoms with Crippen molar-refractivity contribution in [2.75, 3.05) is 13.1 Å². The van der Waals surface area contributed by atoms with Crippen molar-refractivity contribution in [3.05, 3.63) is 58.1 Å². The summed E-state index contributed by atoms with van der Waals surface area (Å²) >= 11 is 5.51. The lowest BCUT2D eigenvalue weighted by Gasteiger charge is -2.29. The topological polar surface area (TPSA) is 39.6 Å². The molecular weight excluding hydrogens is 342 g/mol. The average molecular weight is 369 g/mol. The van der Waals surface area contributed by atoms with Crippen molar-refractivity contribution in [2.45, 2.75) is 39.8 Å². The molecule has 26 heavy (non-hydrogen) atoms. The molecule has 0 amide bonds. The van der Waals surface area contributed by atoms with Gasteiger partial charge >= 0.3 is 0 Å². The summed E-state index contributed by atoms with van der Waals surface area (Å²) in [5, 5.41) is 0. The Kier molecular flexibility index (Phi) is 4.87. The molecule has 3 heterocycles. The van der Waals surface area contributed by atoms with E-state index in [1.807, 2.05) is 6.92 Å². The molecule has 5 nitrogen and oxygen atoms in total. The lowest BCUT2D eigenvalue weighted by atomic mass is 9.90. The maximum Gasteiger partial charge on any atom is 0.252 e. The second-order valence-electron chi connectivity index (χ2n) is 7.49. The number of aryl methyl sites for hydroxylation is 2. The van der Waals surface area contributed by atoms with Gasteiger partial charge in [-0.3, -0.25) is 0 Å². The molecule has 0 aliphatic carbocycles.